The molecule has 0 aliphatic rings. The Bertz CT molecular complexity index is 629. The van der Waals surface area contributed by atoms with Gasteiger partial charge in [-0.1, -0.05) is 115 Å². The molecule has 0 spiro atoms. The molecule has 5 heteroatoms. The fourth-order valence-electron chi connectivity index (χ4n) is 5.04. The second-order valence-corrected chi connectivity index (χ2v) is 13.1. The molecule has 0 bridgehead atoms. The zero-order chi connectivity index (χ0) is 31.7. The van der Waals surface area contributed by atoms with Crippen molar-refractivity contribution in [2.45, 2.75) is 168 Å². The minimum absolute atomic E-state index is 0.0910. The van der Waals surface area contributed by atoms with Gasteiger partial charge < -0.3 is 14.0 Å². The van der Waals surface area contributed by atoms with Crippen LogP contribution in [0.15, 0.2) is 24.3 Å². The number of unbranched alkanes of at least 4 members (excludes halogenated alkanes) is 18. The van der Waals surface area contributed by atoms with E-state index < -0.39 is 0 Å². The van der Waals surface area contributed by atoms with Crippen molar-refractivity contribution in [2.24, 2.45) is 0 Å². The van der Waals surface area contributed by atoms with Crippen molar-refractivity contribution in [1.82, 2.24) is 0 Å². The van der Waals surface area contributed by atoms with Crippen molar-refractivity contribution in [1.29, 1.82) is 0 Å². The van der Waals surface area contributed by atoms with Crippen LogP contribution in [0.2, 0.25) is 0 Å². The van der Waals surface area contributed by atoms with E-state index in [4.69, 9.17) is 9.47 Å². The van der Waals surface area contributed by atoms with Gasteiger partial charge in [-0.3, -0.25) is 9.59 Å². The number of esters is 2. The lowest BCUT2D eigenvalue weighted by molar-refractivity contribution is -0.890. The van der Waals surface area contributed by atoms with Crippen LogP contribution in [0.4, 0.5) is 0 Å². The number of hydrogen-bond acceptors (Lipinski definition) is 4. The van der Waals surface area contributed by atoms with Gasteiger partial charge in [-0.25, -0.2) is 0 Å². The average Bonchev–Trinajstić information content (AvgIpc) is 2.97. The smallest absolute Gasteiger partial charge is 0.305 e. The highest BCUT2D eigenvalue weighted by atomic mass is 16.5. The van der Waals surface area contributed by atoms with Crippen LogP contribution in [-0.2, 0) is 19.1 Å². The van der Waals surface area contributed by atoms with Gasteiger partial charge in [-0.05, 0) is 64.2 Å². The first-order chi connectivity index (χ1) is 20.9. The van der Waals surface area contributed by atoms with Crippen molar-refractivity contribution in [3.63, 3.8) is 0 Å². The second kappa shape index (κ2) is 31.8. The maximum absolute atomic E-state index is 12.1. The van der Waals surface area contributed by atoms with Crippen molar-refractivity contribution in [2.75, 3.05) is 40.4 Å². The van der Waals surface area contributed by atoms with E-state index in [1.807, 2.05) is 0 Å². The van der Waals surface area contributed by atoms with Crippen LogP contribution in [0.5, 0.6) is 0 Å². The molecule has 43 heavy (non-hydrogen) atoms. The number of hydrogen-bond donors (Lipinski definition) is 0. The molecule has 0 aromatic heterocycles. The van der Waals surface area contributed by atoms with E-state index in [2.05, 4.69) is 52.2 Å². The predicted octanol–water partition coefficient (Wildman–Crippen LogP) is 10.7. The Balaban J connectivity index is 3.57. The number of ether oxygens (including phenoxy) is 2. The van der Waals surface area contributed by atoms with Gasteiger partial charge in [-0.2, -0.15) is 0 Å². The first-order valence-corrected chi connectivity index (χ1v) is 18.3. The molecule has 0 atom stereocenters. The SMILES string of the molecule is CCCCCC/C=C/CCCCCCCC(=O)OCC[N+](C)(C)CCOC(=O)CCCCCCC/C=C/CCCCCC. The average molecular weight is 607 g/mol. The number of nitrogens with zero attached hydrogens (tertiary/aromatic N) is 1. The molecular weight excluding hydrogens is 534 g/mol. The third-order valence-electron chi connectivity index (χ3n) is 8.20. The molecule has 0 aliphatic carbocycles. The van der Waals surface area contributed by atoms with E-state index in [-0.39, 0.29) is 11.9 Å². The molecule has 0 heterocycles. The Morgan fingerprint density at radius 2 is 0.767 bits per heavy atom. The summed E-state index contributed by atoms with van der Waals surface area (Å²) in [5.74, 6) is -0.182. The molecule has 0 amide bonds. The van der Waals surface area contributed by atoms with Crippen molar-refractivity contribution in [3.8, 4) is 0 Å². The highest BCUT2D eigenvalue weighted by molar-refractivity contribution is 5.69. The van der Waals surface area contributed by atoms with Crippen molar-refractivity contribution < 1.29 is 23.5 Å². The van der Waals surface area contributed by atoms with Crippen LogP contribution in [0.25, 0.3) is 0 Å². The van der Waals surface area contributed by atoms with E-state index in [1.54, 1.807) is 0 Å². The summed E-state index contributed by atoms with van der Waals surface area (Å²) >= 11 is 0. The zero-order valence-electron chi connectivity index (χ0n) is 29.2. The summed E-state index contributed by atoms with van der Waals surface area (Å²) in [4.78, 5) is 24.2. The van der Waals surface area contributed by atoms with Crippen molar-refractivity contribution in [3.05, 3.63) is 24.3 Å². The summed E-state index contributed by atoms with van der Waals surface area (Å²) in [7, 11) is 4.18. The highest BCUT2D eigenvalue weighted by Gasteiger charge is 2.17. The fraction of sp³-hybridized carbons (Fsp3) is 0.842. The van der Waals surface area contributed by atoms with Crippen molar-refractivity contribution >= 4 is 11.9 Å². The monoisotopic (exact) mass is 607 g/mol. The predicted molar refractivity (Wildman–Crippen MR) is 184 cm³/mol. The topological polar surface area (TPSA) is 52.6 Å². The Kier molecular flexibility index (Phi) is 30.6. The largest absolute Gasteiger partial charge is 0.460 e. The summed E-state index contributed by atoms with van der Waals surface area (Å²) in [5, 5.41) is 0. The molecule has 0 N–H and O–H groups in total. The molecule has 252 valence electrons. The summed E-state index contributed by atoms with van der Waals surface area (Å²) in [5.41, 5.74) is 0. The molecule has 0 aliphatic heterocycles. The normalized spacial score (nSPS) is 12.0. The summed E-state index contributed by atoms with van der Waals surface area (Å²) < 4.78 is 11.6. The van der Waals surface area contributed by atoms with Crippen LogP contribution < -0.4 is 0 Å². The Morgan fingerprint density at radius 1 is 0.465 bits per heavy atom. The third kappa shape index (κ3) is 33.1. The number of carbonyl (C=O) groups is 2. The van der Waals surface area contributed by atoms with E-state index in [1.165, 1.54) is 116 Å². The molecule has 0 saturated heterocycles. The van der Waals surface area contributed by atoms with E-state index in [9.17, 15) is 9.59 Å². The standard InChI is InChI=1S/C38H72NO4/c1-5-7-9-11-13-15-17-19-21-23-25-27-29-31-37(40)42-35-33-39(3,4)34-36-43-38(41)32-30-28-26-24-22-20-18-16-14-12-10-8-6-2/h15-18H,5-14,19-36H2,1-4H3/q+1/b17-15+,18-16+. The lowest BCUT2D eigenvalue weighted by atomic mass is 10.1. The summed E-state index contributed by atoms with van der Waals surface area (Å²) in [6, 6.07) is 0. The third-order valence-corrected chi connectivity index (χ3v) is 8.20. The highest BCUT2D eigenvalue weighted by Crippen LogP contribution is 2.11. The van der Waals surface area contributed by atoms with Crippen LogP contribution in [-0.4, -0.2) is 56.8 Å². The van der Waals surface area contributed by atoms with E-state index >= 15 is 0 Å². The minimum atomic E-state index is -0.0910. The number of quaternary nitrogens is 1. The zero-order valence-corrected chi connectivity index (χ0v) is 29.2. The summed E-state index contributed by atoms with van der Waals surface area (Å²) in [6.45, 7) is 6.79. The molecule has 0 fully saturated rings. The number of carbonyl (C=O) groups excluding carboxylic acids is 2. The van der Waals surface area contributed by atoms with Gasteiger partial charge in [-0.15, -0.1) is 0 Å². The molecule has 0 unspecified atom stereocenters. The van der Waals surface area contributed by atoms with Gasteiger partial charge in [0, 0.05) is 12.8 Å². The van der Waals surface area contributed by atoms with Gasteiger partial charge in [0.15, 0.2) is 0 Å². The van der Waals surface area contributed by atoms with Crippen LogP contribution in [0, 0.1) is 0 Å². The number of rotatable bonds is 32. The van der Waals surface area contributed by atoms with Gasteiger partial charge >= 0.3 is 11.9 Å². The maximum atomic E-state index is 12.1. The maximum Gasteiger partial charge on any atom is 0.305 e. The Morgan fingerprint density at radius 3 is 1.12 bits per heavy atom. The van der Waals surface area contributed by atoms with Gasteiger partial charge in [0.05, 0.1) is 14.1 Å². The molecule has 0 aromatic carbocycles. The summed E-state index contributed by atoms with van der Waals surface area (Å²) in [6.07, 6.45) is 37.3. The Labute approximate surface area is 267 Å². The van der Waals surface area contributed by atoms with Gasteiger partial charge in [0.25, 0.3) is 0 Å². The quantitative estimate of drug-likeness (QED) is 0.0331. The Hall–Kier alpha value is -1.62. The van der Waals surface area contributed by atoms with Gasteiger partial charge in [0.2, 0.25) is 0 Å². The fourth-order valence-corrected chi connectivity index (χ4v) is 5.04. The molecule has 5 nitrogen and oxygen atoms in total. The van der Waals surface area contributed by atoms with Gasteiger partial charge in [0.1, 0.15) is 26.3 Å². The molecule has 0 saturated carbocycles. The lowest BCUT2D eigenvalue weighted by Crippen LogP contribution is -2.45. The van der Waals surface area contributed by atoms with E-state index in [0.717, 1.165) is 38.8 Å². The molecular formula is C38H72NO4+. The van der Waals surface area contributed by atoms with Crippen LogP contribution >= 0.6 is 0 Å². The minimum Gasteiger partial charge on any atom is -0.460 e. The van der Waals surface area contributed by atoms with E-state index in [0.29, 0.717) is 30.5 Å². The number of likely N-dealkylation sites (N-methyl/N-ethyl adjacent to an activating group) is 1. The van der Waals surface area contributed by atoms with Crippen LogP contribution in [0.1, 0.15) is 168 Å². The molecule has 0 rings (SSSR count). The number of allylic oxidation sites excluding steroid dienone is 4. The van der Waals surface area contributed by atoms with Crippen LogP contribution in [0.3, 0.4) is 0 Å². The second-order valence-electron chi connectivity index (χ2n) is 13.1. The molecule has 0 aromatic rings. The first kappa shape index (κ1) is 41.4. The molecule has 0 radical (unpaired) electrons. The lowest BCUT2D eigenvalue weighted by Gasteiger charge is -2.29. The first-order valence-electron chi connectivity index (χ1n) is 18.3.